The number of nitrogens with one attached hydrogen (secondary N) is 1. The van der Waals surface area contributed by atoms with Crippen LogP contribution < -0.4 is 10.2 Å². The molecule has 0 aliphatic rings. The molecule has 238 valence electrons. The van der Waals surface area contributed by atoms with E-state index in [1.54, 1.807) is 0 Å². The molecule has 0 bridgehead atoms. The Kier molecular flexibility index (Phi) is 12.4. The highest BCUT2D eigenvalue weighted by molar-refractivity contribution is 5.91. The van der Waals surface area contributed by atoms with Gasteiger partial charge < -0.3 is 19.5 Å². The van der Waals surface area contributed by atoms with Gasteiger partial charge in [0.1, 0.15) is 12.6 Å². The lowest BCUT2D eigenvalue weighted by Crippen LogP contribution is -2.29. The van der Waals surface area contributed by atoms with Crippen molar-refractivity contribution >= 4 is 39.3 Å². The third-order valence-corrected chi connectivity index (χ3v) is 8.36. The highest BCUT2D eigenvalue weighted by Crippen LogP contribution is 2.25. The fourth-order valence-corrected chi connectivity index (χ4v) is 5.85. The van der Waals surface area contributed by atoms with E-state index in [1.165, 1.54) is 11.3 Å². The third kappa shape index (κ3) is 8.94. The second-order valence-corrected chi connectivity index (χ2v) is 12.0. The molecule has 0 fully saturated rings. The maximum absolute atomic E-state index is 12.6. The van der Waals surface area contributed by atoms with Crippen LogP contribution >= 0.6 is 0 Å². The number of rotatable bonds is 18. The van der Waals surface area contributed by atoms with Crippen molar-refractivity contribution in [3.05, 3.63) is 60.0 Å². The Bertz CT molecular complexity index is 1490. The van der Waals surface area contributed by atoms with Crippen molar-refractivity contribution in [1.82, 2.24) is 19.4 Å². The maximum atomic E-state index is 12.6. The third-order valence-electron chi connectivity index (χ3n) is 8.36. The minimum atomic E-state index is -0.144. The molecule has 8 heteroatoms. The number of nitrogens with zero attached hydrogens (tertiary/aromatic N) is 5. The number of carbonyl (C=O) groups is 1. The molecule has 1 unspecified atom stereocenters. The largest absolute Gasteiger partial charge is 0.449 e. The standard InChI is InChI=1S/C36H52N6O2/c1-7-21-42(22-8-2)29-16-18-34-33(25-29)39-35(40(34)6)13-10-14-36(43)44-26-41(9-3)23-11-12-28(5)38-31-19-20-37-32-24-27(4)15-17-30(31)32/h15-20,24-25,28H,7-14,21-23,26H2,1-6H3,(H,37,38). The van der Waals surface area contributed by atoms with Crippen molar-refractivity contribution in [2.24, 2.45) is 7.05 Å². The van der Waals surface area contributed by atoms with Crippen LogP contribution in [-0.2, 0) is 23.0 Å². The minimum absolute atomic E-state index is 0.144. The Morgan fingerprint density at radius 1 is 1.00 bits per heavy atom. The molecule has 2 aromatic heterocycles. The van der Waals surface area contributed by atoms with E-state index < -0.39 is 0 Å². The Morgan fingerprint density at radius 2 is 1.80 bits per heavy atom. The summed E-state index contributed by atoms with van der Waals surface area (Å²) >= 11 is 0. The Hall–Kier alpha value is -3.65. The van der Waals surface area contributed by atoms with Crippen LogP contribution in [0, 0.1) is 6.92 Å². The van der Waals surface area contributed by atoms with Crippen molar-refractivity contribution < 1.29 is 9.53 Å². The number of hydrogen-bond donors (Lipinski definition) is 1. The first-order valence-electron chi connectivity index (χ1n) is 16.5. The molecule has 44 heavy (non-hydrogen) atoms. The van der Waals surface area contributed by atoms with E-state index in [4.69, 9.17) is 9.72 Å². The summed E-state index contributed by atoms with van der Waals surface area (Å²) in [5.41, 5.74) is 6.74. The predicted octanol–water partition coefficient (Wildman–Crippen LogP) is 7.48. The van der Waals surface area contributed by atoms with Crippen LogP contribution in [0.5, 0.6) is 0 Å². The number of hydrogen-bond acceptors (Lipinski definition) is 7. The van der Waals surface area contributed by atoms with Gasteiger partial charge in [0.15, 0.2) is 0 Å². The van der Waals surface area contributed by atoms with Crippen LogP contribution in [0.1, 0.15) is 77.6 Å². The van der Waals surface area contributed by atoms with Gasteiger partial charge in [0.25, 0.3) is 0 Å². The lowest BCUT2D eigenvalue weighted by atomic mass is 10.1. The Labute approximate surface area is 263 Å². The average molecular weight is 601 g/mol. The number of imidazole rings is 1. The van der Waals surface area contributed by atoms with Gasteiger partial charge in [-0.05, 0) is 88.4 Å². The number of aryl methyl sites for hydroxylation is 3. The number of ether oxygens (including phenoxy) is 1. The SMILES string of the molecule is CCCN(CCC)c1ccc2c(c1)nc(CCCC(=O)OCN(CC)CCCC(C)Nc1ccnc3cc(C)ccc13)n2C. The van der Waals surface area contributed by atoms with Gasteiger partial charge >= 0.3 is 5.97 Å². The van der Waals surface area contributed by atoms with Gasteiger partial charge in [-0.15, -0.1) is 0 Å². The molecule has 0 radical (unpaired) electrons. The van der Waals surface area contributed by atoms with E-state index >= 15 is 0 Å². The van der Waals surface area contributed by atoms with Crippen molar-refractivity contribution in [3.8, 4) is 0 Å². The van der Waals surface area contributed by atoms with Gasteiger partial charge in [0.05, 0.1) is 16.6 Å². The van der Waals surface area contributed by atoms with Crippen molar-refractivity contribution in [1.29, 1.82) is 0 Å². The predicted molar refractivity (Wildman–Crippen MR) is 183 cm³/mol. The molecule has 4 rings (SSSR count). The molecule has 2 heterocycles. The Balaban J connectivity index is 1.18. The number of benzene rings is 2. The molecule has 1 N–H and O–H groups in total. The minimum Gasteiger partial charge on any atom is -0.449 e. The van der Waals surface area contributed by atoms with E-state index in [2.05, 4.69) is 103 Å². The Morgan fingerprint density at radius 3 is 2.55 bits per heavy atom. The number of carbonyl (C=O) groups excluding carboxylic acids is 1. The van der Waals surface area contributed by atoms with Crippen LogP contribution in [-0.4, -0.2) is 64.4 Å². The molecule has 0 saturated heterocycles. The molecule has 0 aliphatic carbocycles. The quantitative estimate of drug-likeness (QED) is 0.0937. The topological polar surface area (TPSA) is 75.5 Å². The van der Waals surface area contributed by atoms with E-state index in [0.717, 1.165) is 98.2 Å². The first-order valence-corrected chi connectivity index (χ1v) is 16.5. The number of esters is 1. The molecule has 0 saturated carbocycles. The molecule has 8 nitrogen and oxygen atoms in total. The van der Waals surface area contributed by atoms with E-state index in [1.807, 2.05) is 12.3 Å². The smallest absolute Gasteiger partial charge is 0.307 e. The second kappa shape index (κ2) is 16.4. The van der Waals surface area contributed by atoms with Crippen LogP contribution in [0.4, 0.5) is 11.4 Å². The molecule has 0 aliphatic heterocycles. The summed E-state index contributed by atoms with van der Waals surface area (Å²) in [4.78, 5) is 26.6. The molecular formula is C36H52N6O2. The summed E-state index contributed by atoms with van der Waals surface area (Å²) in [7, 11) is 2.06. The van der Waals surface area contributed by atoms with Gasteiger partial charge in [-0.2, -0.15) is 0 Å². The summed E-state index contributed by atoms with van der Waals surface area (Å²) in [5, 5.41) is 4.81. The molecule has 2 aromatic carbocycles. The molecule has 0 amide bonds. The lowest BCUT2D eigenvalue weighted by Gasteiger charge is -2.23. The number of pyridine rings is 1. The van der Waals surface area contributed by atoms with E-state index in [-0.39, 0.29) is 5.97 Å². The van der Waals surface area contributed by atoms with Crippen LogP contribution in [0.3, 0.4) is 0 Å². The first kappa shape index (κ1) is 33.2. The molecule has 1 atom stereocenters. The number of anilines is 2. The maximum Gasteiger partial charge on any atom is 0.307 e. The van der Waals surface area contributed by atoms with Gasteiger partial charge in [0, 0.05) is 68.5 Å². The van der Waals surface area contributed by atoms with Crippen molar-refractivity contribution in [3.63, 3.8) is 0 Å². The fraction of sp³-hybridized carbons (Fsp3) is 0.528. The summed E-state index contributed by atoms with van der Waals surface area (Å²) in [5.74, 6) is 0.865. The van der Waals surface area contributed by atoms with Crippen LogP contribution in [0.25, 0.3) is 21.9 Å². The fourth-order valence-electron chi connectivity index (χ4n) is 5.85. The van der Waals surface area contributed by atoms with Gasteiger partial charge in [-0.25, -0.2) is 4.98 Å². The highest BCUT2D eigenvalue weighted by atomic mass is 16.5. The number of aromatic nitrogens is 3. The highest BCUT2D eigenvalue weighted by Gasteiger charge is 2.14. The summed E-state index contributed by atoms with van der Waals surface area (Å²) < 4.78 is 7.81. The summed E-state index contributed by atoms with van der Waals surface area (Å²) in [6.45, 7) is 15.0. The van der Waals surface area contributed by atoms with E-state index in [0.29, 0.717) is 19.2 Å². The molecule has 0 spiro atoms. The second-order valence-electron chi connectivity index (χ2n) is 12.0. The normalized spacial score (nSPS) is 12.2. The van der Waals surface area contributed by atoms with Crippen LogP contribution in [0.15, 0.2) is 48.7 Å². The monoisotopic (exact) mass is 600 g/mol. The van der Waals surface area contributed by atoms with E-state index in [9.17, 15) is 4.79 Å². The van der Waals surface area contributed by atoms with Gasteiger partial charge in [0.2, 0.25) is 0 Å². The zero-order valence-electron chi connectivity index (χ0n) is 27.7. The summed E-state index contributed by atoms with van der Waals surface area (Å²) in [6, 6.07) is 15.3. The zero-order chi connectivity index (χ0) is 31.5. The molecule has 4 aromatic rings. The van der Waals surface area contributed by atoms with Gasteiger partial charge in [-0.1, -0.05) is 32.9 Å². The lowest BCUT2D eigenvalue weighted by molar-refractivity contribution is -0.148. The molecular weight excluding hydrogens is 548 g/mol. The zero-order valence-corrected chi connectivity index (χ0v) is 27.7. The van der Waals surface area contributed by atoms with Crippen molar-refractivity contribution in [2.75, 3.05) is 43.1 Å². The number of fused-ring (bicyclic) bond motifs is 2. The van der Waals surface area contributed by atoms with Crippen molar-refractivity contribution in [2.45, 2.75) is 85.6 Å². The van der Waals surface area contributed by atoms with Gasteiger partial charge in [-0.3, -0.25) is 14.7 Å². The summed E-state index contributed by atoms with van der Waals surface area (Å²) in [6.07, 6.45) is 8.02. The first-order chi connectivity index (χ1) is 21.3. The van der Waals surface area contributed by atoms with Crippen LogP contribution in [0.2, 0.25) is 0 Å². The average Bonchev–Trinajstić information content (AvgIpc) is 3.32.